The lowest BCUT2D eigenvalue weighted by Gasteiger charge is -2.26. The number of likely N-dealkylation sites (N-methyl/N-ethyl adjacent to an activating group) is 1. The number of amides is 1. The third-order valence-corrected chi connectivity index (χ3v) is 10.1. The number of unbranched alkanes of at least 4 members (excludes halogenated alkanes) is 23. The van der Waals surface area contributed by atoms with E-state index in [2.05, 4.69) is 19.2 Å². The minimum Gasteiger partial charge on any atom is -0.391 e. The second-order valence-electron chi connectivity index (χ2n) is 15.0. The minimum atomic E-state index is -4.28. The lowest BCUT2D eigenvalue weighted by Crippen LogP contribution is -2.46. The summed E-state index contributed by atoms with van der Waals surface area (Å²) in [5.74, 6) is -0.150. The molecule has 282 valence electrons. The van der Waals surface area contributed by atoms with Gasteiger partial charge in [-0.15, -0.1) is 0 Å². The Morgan fingerprint density at radius 3 is 1.43 bits per heavy atom. The van der Waals surface area contributed by atoms with Crippen LogP contribution >= 0.6 is 7.82 Å². The fourth-order valence-electron chi connectivity index (χ4n) is 5.87. The number of carbonyl (C=O) groups is 1. The Balaban J connectivity index is 3.99. The molecule has 0 aliphatic rings. The maximum Gasteiger partial charge on any atom is 0.472 e. The second kappa shape index (κ2) is 31.5. The summed E-state index contributed by atoms with van der Waals surface area (Å²) in [6, 6.07) is -0.749. The Kier molecular flexibility index (Phi) is 31.1. The van der Waals surface area contributed by atoms with Crippen molar-refractivity contribution in [2.75, 3.05) is 40.9 Å². The van der Waals surface area contributed by atoms with Gasteiger partial charge in [0.05, 0.1) is 39.9 Å². The molecule has 0 aromatic rings. The van der Waals surface area contributed by atoms with Gasteiger partial charge in [0.2, 0.25) is 5.91 Å². The molecule has 0 radical (unpaired) electrons. The number of carbonyl (C=O) groups excluding carboxylic acids is 1. The third kappa shape index (κ3) is 33.8. The van der Waals surface area contributed by atoms with Crippen LogP contribution in [0.25, 0.3) is 0 Å². The van der Waals surface area contributed by atoms with Gasteiger partial charge in [0.25, 0.3) is 0 Å². The molecule has 0 fully saturated rings. The summed E-state index contributed by atoms with van der Waals surface area (Å²) < 4.78 is 23.3. The summed E-state index contributed by atoms with van der Waals surface area (Å²) in [6.07, 6.45) is 31.9. The lowest BCUT2D eigenvalue weighted by molar-refractivity contribution is -0.870. The number of phosphoric acid groups is 1. The first-order chi connectivity index (χ1) is 22.5. The summed E-state index contributed by atoms with van der Waals surface area (Å²) >= 11 is 0. The van der Waals surface area contributed by atoms with Crippen molar-refractivity contribution in [3.05, 3.63) is 0 Å². The van der Waals surface area contributed by atoms with Crippen molar-refractivity contribution in [3.8, 4) is 0 Å². The molecule has 47 heavy (non-hydrogen) atoms. The molecule has 0 aliphatic carbocycles. The molecule has 3 N–H and O–H groups in total. The number of nitrogens with zero attached hydrogens (tertiary/aromatic N) is 1. The molecule has 0 aromatic carbocycles. The summed E-state index contributed by atoms with van der Waals surface area (Å²) in [4.78, 5) is 22.8. The first kappa shape index (κ1) is 46.5. The van der Waals surface area contributed by atoms with E-state index in [0.717, 1.165) is 44.9 Å². The summed E-state index contributed by atoms with van der Waals surface area (Å²) in [5.41, 5.74) is 0. The SMILES string of the molecule is CCCCCCCCCCCCCCCCCCCCCCCC(=O)NC(COP(=O)(O)OCC[N+](C)(C)C)C(O)CCCCCC. The largest absolute Gasteiger partial charge is 0.472 e. The molecule has 0 spiro atoms. The number of hydrogen-bond acceptors (Lipinski definition) is 5. The van der Waals surface area contributed by atoms with E-state index >= 15 is 0 Å². The van der Waals surface area contributed by atoms with E-state index in [0.29, 0.717) is 23.9 Å². The maximum absolute atomic E-state index is 12.7. The first-order valence-electron chi connectivity index (χ1n) is 19.9. The van der Waals surface area contributed by atoms with Crippen LogP contribution in [-0.4, -0.2) is 73.4 Å². The van der Waals surface area contributed by atoms with Crippen LogP contribution in [0.5, 0.6) is 0 Å². The number of hydrogen-bond donors (Lipinski definition) is 3. The summed E-state index contributed by atoms with van der Waals surface area (Å²) in [6.45, 7) is 4.77. The predicted molar refractivity (Wildman–Crippen MR) is 199 cm³/mol. The number of aliphatic hydroxyl groups is 1. The van der Waals surface area contributed by atoms with Gasteiger partial charge in [-0.1, -0.05) is 168 Å². The quantitative estimate of drug-likeness (QED) is 0.0343. The minimum absolute atomic E-state index is 0.0767. The van der Waals surface area contributed by atoms with E-state index < -0.39 is 20.0 Å². The van der Waals surface area contributed by atoms with Gasteiger partial charge in [-0.05, 0) is 12.8 Å². The Morgan fingerprint density at radius 2 is 1.02 bits per heavy atom. The highest BCUT2D eigenvalue weighted by Gasteiger charge is 2.28. The Morgan fingerprint density at radius 1 is 0.638 bits per heavy atom. The standard InChI is InChI=1S/C38H79N2O6P/c1-6-8-10-12-13-14-15-16-17-18-19-20-21-22-23-24-25-26-27-28-30-32-38(42)39-36(37(41)31-29-11-9-7-2)35-46-47(43,44)45-34-33-40(3,4)5/h36-37,41H,6-35H2,1-5H3,(H-,39,42,43,44)/p+1. The molecule has 0 aliphatic heterocycles. The maximum atomic E-state index is 12.7. The van der Waals surface area contributed by atoms with Crippen LogP contribution in [0.1, 0.15) is 187 Å². The Labute approximate surface area is 291 Å². The van der Waals surface area contributed by atoms with Crippen LogP contribution in [0.15, 0.2) is 0 Å². The Bertz CT molecular complexity index is 748. The molecule has 3 unspecified atom stereocenters. The van der Waals surface area contributed by atoms with Crippen molar-refractivity contribution >= 4 is 13.7 Å². The molecular weight excluding hydrogens is 611 g/mol. The van der Waals surface area contributed by atoms with E-state index in [4.69, 9.17) is 9.05 Å². The van der Waals surface area contributed by atoms with Crippen molar-refractivity contribution in [1.29, 1.82) is 0 Å². The topological polar surface area (TPSA) is 105 Å². The van der Waals surface area contributed by atoms with Crippen LogP contribution in [0, 0.1) is 0 Å². The fourth-order valence-corrected chi connectivity index (χ4v) is 6.60. The van der Waals surface area contributed by atoms with Gasteiger partial charge in [0.15, 0.2) is 0 Å². The van der Waals surface area contributed by atoms with Crippen molar-refractivity contribution in [1.82, 2.24) is 5.32 Å². The van der Waals surface area contributed by atoms with E-state index in [1.165, 1.54) is 116 Å². The zero-order chi connectivity index (χ0) is 35.1. The van der Waals surface area contributed by atoms with Crippen molar-refractivity contribution in [2.24, 2.45) is 0 Å². The highest BCUT2D eigenvalue weighted by atomic mass is 31.2. The molecule has 0 aromatic heterocycles. The second-order valence-corrected chi connectivity index (χ2v) is 16.5. The van der Waals surface area contributed by atoms with Crippen LogP contribution in [0.2, 0.25) is 0 Å². The molecule has 0 rings (SSSR count). The monoisotopic (exact) mass is 692 g/mol. The van der Waals surface area contributed by atoms with Crippen LogP contribution < -0.4 is 5.32 Å². The summed E-state index contributed by atoms with van der Waals surface area (Å²) in [5, 5.41) is 13.6. The average molecular weight is 692 g/mol. The van der Waals surface area contributed by atoms with Crippen LogP contribution in [0.3, 0.4) is 0 Å². The number of quaternary nitrogens is 1. The number of nitrogens with one attached hydrogen (secondary N) is 1. The van der Waals surface area contributed by atoms with Gasteiger partial charge in [-0.3, -0.25) is 13.8 Å². The molecule has 0 saturated carbocycles. The average Bonchev–Trinajstić information content (AvgIpc) is 3.01. The number of aliphatic hydroxyl groups excluding tert-OH is 1. The van der Waals surface area contributed by atoms with Gasteiger partial charge in [0, 0.05) is 6.42 Å². The molecular formula is C38H80N2O6P+. The van der Waals surface area contributed by atoms with E-state index in [1.807, 2.05) is 21.1 Å². The van der Waals surface area contributed by atoms with Crippen LogP contribution in [0.4, 0.5) is 0 Å². The van der Waals surface area contributed by atoms with Crippen molar-refractivity contribution < 1.29 is 32.9 Å². The zero-order valence-electron chi connectivity index (χ0n) is 31.8. The molecule has 1 amide bonds. The summed E-state index contributed by atoms with van der Waals surface area (Å²) in [7, 11) is 1.62. The van der Waals surface area contributed by atoms with E-state index in [-0.39, 0.29) is 19.1 Å². The third-order valence-electron chi connectivity index (χ3n) is 9.11. The van der Waals surface area contributed by atoms with Gasteiger partial charge in [-0.25, -0.2) is 4.57 Å². The normalized spacial score (nSPS) is 14.6. The molecule has 0 bridgehead atoms. The molecule has 0 saturated heterocycles. The van der Waals surface area contributed by atoms with Gasteiger partial charge < -0.3 is 19.8 Å². The number of phosphoric ester groups is 1. The number of rotatable bonds is 36. The molecule has 0 heterocycles. The molecule has 9 heteroatoms. The zero-order valence-corrected chi connectivity index (χ0v) is 32.7. The fraction of sp³-hybridized carbons (Fsp3) is 0.974. The van der Waals surface area contributed by atoms with Crippen molar-refractivity contribution in [2.45, 2.75) is 199 Å². The van der Waals surface area contributed by atoms with Crippen molar-refractivity contribution in [3.63, 3.8) is 0 Å². The molecule has 8 nitrogen and oxygen atoms in total. The lowest BCUT2D eigenvalue weighted by atomic mass is 10.0. The van der Waals surface area contributed by atoms with E-state index in [1.54, 1.807) is 0 Å². The highest BCUT2D eigenvalue weighted by Crippen LogP contribution is 2.43. The van der Waals surface area contributed by atoms with Gasteiger partial charge >= 0.3 is 7.82 Å². The predicted octanol–water partition coefficient (Wildman–Crippen LogP) is 10.2. The van der Waals surface area contributed by atoms with Gasteiger partial charge in [0.1, 0.15) is 13.2 Å². The smallest absolute Gasteiger partial charge is 0.391 e. The molecule has 3 atom stereocenters. The van der Waals surface area contributed by atoms with Gasteiger partial charge in [-0.2, -0.15) is 0 Å². The van der Waals surface area contributed by atoms with E-state index in [9.17, 15) is 19.4 Å². The Hall–Kier alpha value is -0.500. The highest BCUT2D eigenvalue weighted by molar-refractivity contribution is 7.47. The van der Waals surface area contributed by atoms with Crippen LogP contribution in [-0.2, 0) is 18.4 Å². The first-order valence-corrected chi connectivity index (χ1v) is 21.4.